The minimum atomic E-state index is 0.0608. The van der Waals surface area contributed by atoms with Crippen molar-refractivity contribution in [3.8, 4) is 0 Å². The normalized spacial score (nSPS) is 19.6. The van der Waals surface area contributed by atoms with Crippen molar-refractivity contribution < 1.29 is 9.53 Å². The van der Waals surface area contributed by atoms with Crippen LogP contribution in [0.4, 0.5) is 0 Å². The van der Waals surface area contributed by atoms with Crippen molar-refractivity contribution in [3.05, 3.63) is 0 Å². The van der Waals surface area contributed by atoms with Crippen LogP contribution < -0.4 is 11.1 Å². The molecule has 1 saturated carbocycles. The molecule has 4 nitrogen and oxygen atoms in total. The van der Waals surface area contributed by atoms with Crippen LogP contribution in [0.3, 0.4) is 0 Å². The van der Waals surface area contributed by atoms with Crippen molar-refractivity contribution in [2.45, 2.75) is 51.0 Å². The molecule has 1 amide bonds. The SMILES string of the molecule is COCCC(CN)NC(=O)C1CCCCCC1. The number of nitrogens with two attached hydrogens (primary N) is 1. The second-order valence-corrected chi connectivity index (χ2v) is 4.91. The van der Waals surface area contributed by atoms with E-state index in [1.807, 2.05) is 0 Å². The molecule has 0 saturated heterocycles. The second-order valence-electron chi connectivity index (χ2n) is 4.91. The highest BCUT2D eigenvalue weighted by molar-refractivity contribution is 5.78. The van der Waals surface area contributed by atoms with Crippen LogP contribution in [-0.4, -0.2) is 32.2 Å². The monoisotopic (exact) mass is 242 g/mol. The van der Waals surface area contributed by atoms with E-state index in [2.05, 4.69) is 5.32 Å². The Balaban J connectivity index is 2.34. The summed E-state index contributed by atoms with van der Waals surface area (Å²) in [6.45, 7) is 1.13. The van der Waals surface area contributed by atoms with Crippen molar-refractivity contribution in [1.29, 1.82) is 0 Å². The molecule has 0 aromatic heterocycles. The third-order valence-corrected chi connectivity index (χ3v) is 3.53. The van der Waals surface area contributed by atoms with Crippen LogP contribution >= 0.6 is 0 Å². The zero-order chi connectivity index (χ0) is 12.5. The van der Waals surface area contributed by atoms with Crippen molar-refractivity contribution in [3.63, 3.8) is 0 Å². The van der Waals surface area contributed by atoms with Crippen LogP contribution in [0.2, 0.25) is 0 Å². The van der Waals surface area contributed by atoms with E-state index < -0.39 is 0 Å². The van der Waals surface area contributed by atoms with Crippen LogP contribution in [0.15, 0.2) is 0 Å². The van der Waals surface area contributed by atoms with Gasteiger partial charge in [0.2, 0.25) is 5.91 Å². The van der Waals surface area contributed by atoms with Gasteiger partial charge in [-0.3, -0.25) is 4.79 Å². The summed E-state index contributed by atoms with van der Waals surface area (Å²) in [7, 11) is 1.67. The Bertz CT molecular complexity index is 213. The van der Waals surface area contributed by atoms with Gasteiger partial charge in [-0.1, -0.05) is 25.7 Å². The van der Waals surface area contributed by atoms with Crippen LogP contribution in [0.5, 0.6) is 0 Å². The average molecular weight is 242 g/mol. The van der Waals surface area contributed by atoms with Gasteiger partial charge < -0.3 is 15.8 Å². The molecule has 1 unspecified atom stereocenters. The van der Waals surface area contributed by atoms with Gasteiger partial charge >= 0.3 is 0 Å². The molecule has 0 radical (unpaired) electrons. The quantitative estimate of drug-likeness (QED) is 0.693. The first kappa shape index (κ1) is 14.5. The van der Waals surface area contributed by atoms with Crippen molar-refractivity contribution in [2.75, 3.05) is 20.3 Å². The van der Waals surface area contributed by atoms with Gasteiger partial charge in [0, 0.05) is 32.2 Å². The Morgan fingerprint density at radius 1 is 1.35 bits per heavy atom. The molecular weight excluding hydrogens is 216 g/mol. The Kier molecular flexibility index (Phi) is 7.21. The Morgan fingerprint density at radius 3 is 2.53 bits per heavy atom. The number of carbonyl (C=O) groups excluding carboxylic acids is 1. The molecule has 1 aliphatic rings. The van der Waals surface area contributed by atoms with Gasteiger partial charge in [0.05, 0.1) is 0 Å². The molecule has 0 heterocycles. The summed E-state index contributed by atoms with van der Waals surface area (Å²) in [5, 5.41) is 3.06. The molecule has 1 atom stereocenters. The van der Waals surface area contributed by atoms with Crippen molar-refractivity contribution >= 4 is 5.91 Å². The molecule has 0 aromatic carbocycles. The van der Waals surface area contributed by atoms with E-state index >= 15 is 0 Å². The molecule has 0 aliphatic heterocycles. The zero-order valence-corrected chi connectivity index (χ0v) is 10.9. The Hall–Kier alpha value is -0.610. The van der Waals surface area contributed by atoms with E-state index in [0.717, 1.165) is 19.3 Å². The van der Waals surface area contributed by atoms with E-state index in [0.29, 0.717) is 13.2 Å². The molecule has 1 fully saturated rings. The standard InChI is InChI=1S/C13H26N2O2/c1-17-9-8-12(10-14)15-13(16)11-6-4-2-3-5-7-11/h11-12H,2-10,14H2,1H3,(H,15,16). The largest absolute Gasteiger partial charge is 0.385 e. The van der Waals surface area contributed by atoms with Crippen LogP contribution in [0, 0.1) is 5.92 Å². The molecule has 17 heavy (non-hydrogen) atoms. The summed E-state index contributed by atoms with van der Waals surface area (Å²) in [4.78, 5) is 12.1. The van der Waals surface area contributed by atoms with E-state index in [4.69, 9.17) is 10.5 Å². The third kappa shape index (κ3) is 5.50. The fraction of sp³-hybridized carbons (Fsp3) is 0.923. The van der Waals surface area contributed by atoms with Gasteiger partial charge in [-0.15, -0.1) is 0 Å². The molecule has 3 N–H and O–H groups in total. The highest BCUT2D eigenvalue weighted by Gasteiger charge is 2.21. The maximum Gasteiger partial charge on any atom is 0.223 e. The number of ether oxygens (including phenoxy) is 1. The summed E-state index contributed by atoms with van der Waals surface area (Å²) in [5.41, 5.74) is 5.65. The first-order valence-electron chi connectivity index (χ1n) is 6.77. The highest BCUT2D eigenvalue weighted by Crippen LogP contribution is 2.22. The van der Waals surface area contributed by atoms with Crippen LogP contribution in [0.25, 0.3) is 0 Å². The predicted molar refractivity (Wildman–Crippen MR) is 68.7 cm³/mol. The van der Waals surface area contributed by atoms with Crippen LogP contribution in [0.1, 0.15) is 44.9 Å². The lowest BCUT2D eigenvalue weighted by atomic mass is 9.99. The summed E-state index contributed by atoms with van der Waals surface area (Å²) in [6.07, 6.45) is 7.78. The lowest BCUT2D eigenvalue weighted by Gasteiger charge is -2.20. The number of carbonyl (C=O) groups is 1. The Labute approximate surface area is 104 Å². The number of hydrogen-bond acceptors (Lipinski definition) is 3. The van der Waals surface area contributed by atoms with E-state index in [9.17, 15) is 4.79 Å². The fourth-order valence-corrected chi connectivity index (χ4v) is 2.37. The molecule has 4 heteroatoms. The minimum Gasteiger partial charge on any atom is -0.385 e. The lowest BCUT2D eigenvalue weighted by molar-refractivity contribution is -0.126. The predicted octanol–water partition coefficient (Wildman–Crippen LogP) is 1.44. The molecular formula is C13H26N2O2. The van der Waals surface area contributed by atoms with E-state index in [-0.39, 0.29) is 17.9 Å². The molecule has 0 bridgehead atoms. The van der Waals surface area contributed by atoms with Gasteiger partial charge in [0.1, 0.15) is 0 Å². The molecule has 0 aromatic rings. The summed E-state index contributed by atoms with van der Waals surface area (Å²) < 4.78 is 5.01. The molecule has 100 valence electrons. The smallest absolute Gasteiger partial charge is 0.223 e. The molecule has 1 aliphatic carbocycles. The minimum absolute atomic E-state index is 0.0608. The molecule has 1 rings (SSSR count). The summed E-state index contributed by atoms with van der Waals surface area (Å²) in [6, 6.07) is 0.0608. The van der Waals surface area contributed by atoms with Crippen molar-refractivity contribution in [1.82, 2.24) is 5.32 Å². The maximum atomic E-state index is 12.1. The second kappa shape index (κ2) is 8.48. The van der Waals surface area contributed by atoms with Gasteiger partial charge in [-0.2, -0.15) is 0 Å². The number of rotatable bonds is 6. The summed E-state index contributed by atoms with van der Waals surface area (Å²) in [5.74, 6) is 0.396. The fourth-order valence-electron chi connectivity index (χ4n) is 2.37. The number of amides is 1. The number of hydrogen-bond donors (Lipinski definition) is 2. The Morgan fingerprint density at radius 2 is 2.00 bits per heavy atom. The first-order chi connectivity index (χ1) is 8.27. The van der Waals surface area contributed by atoms with Gasteiger partial charge in [0.25, 0.3) is 0 Å². The topological polar surface area (TPSA) is 64.3 Å². The van der Waals surface area contributed by atoms with E-state index in [1.165, 1.54) is 25.7 Å². The van der Waals surface area contributed by atoms with Gasteiger partial charge in [0.15, 0.2) is 0 Å². The van der Waals surface area contributed by atoms with Gasteiger partial charge in [-0.25, -0.2) is 0 Å². The first-order valence-corrected chi connectivity index (χ1v) is 6.77. The van der Waals surface area contributed by atoms with Gasteiger partial charge in [-0.05, 0) is 19.3 Å². The summed E-state index contributed by atoms with van der Waals surface area (Å²) >= 11 is 0. The van der Waals surface area contributed by atoms with E-state index in [1.54, 1.807) is 7.11 Å². The number of nitrogens with one attached hydrogen (secondary N) is 1. The van der Waals surface area contributed by atoms with Crippen molar-refractivity contribution in [2.24, 2.45) is 11.7 Å². The number of methoxy groups -OCH3 is 1. The maximum absolute atomic E-state index is 12.1. The molecule has 0 spiro atoms. The highest BCUT2D eigenvalue weighted by atomic mass is 16.5. The average Bonchev–Trinajstić information content (AvgIpc) is 2.63. The lowest BCUT2D eigenvalue weighted by Crippen LogP contribution is -2.43. The zero-order valence-electron chi connectivity index (χ0n) is 10.9. The third-order valence-electron chi connectivity index (χ3n) is 3.53. The van der Waals surface area contributed by atoms with Crippen LogP contribution in [-0.2, 0) is 9.53 Å².